The van der Waals surface area contributed by atoms with Crippen LogP contribution in [0.4, 0.5) is 5.82 Å². The van der Waals surface area contributed by atoms with Gasteiger partial charge in [0, 0.05) is 19.2 Å². The van der Waals surface area contributed by atoms with E-state index in [1.807, 2.05) is 18.2 Å². The van der Waals surface area contributed by atoms with Crippen molar-refractivity contribution in [2.75, 3.05) is 5.73 Å². The SMILES string of the molecule is CCCc1nc2ccccc2n1Cc1ccnc(N)c1. The fraction of sp³-hybridized carbons (Fsp3) is 0.250. The lowest BCUT2D eigenvalue weighted by atomic mass is 10.2. The van der Waals surface area contributed by atoms with Gasteiger partial charge in [0.05, 0.1) is 11.0 Å². The standard InChI is InChI=1S/C16H18N4/c1-2-5-16-19-13-6-3-4-7-14(13)20(16)11-12-8-9-18-15(17)10-12/h3-4,6-10H,2,5,11H2,1H3,(H2,17,18). The van der Waals surface area contributed by atoms with E-state index >= 15 is 0 Å². The smallest absolute Gasteiger partial charge is 0.123 e. The molecule has 0 saturated heterocycles. The first-order chi connectivity index (χ1) is 9.78. The summed E-state index contributed by atoms with van der Waals surface area (Å²) < 4.78 is 2.27. The van der Waals surface area contributed by atoms with E-state index < -0.39 is 0 Å². The third-order valence-corrected chi connectivity index (χ3v) is 3.39. The monoisotopic (exact) mass is 266 g/mol. The number of aryl methyl sites for hydroxylation is 1. The summed E-state index contributed by atoms with van der Waals surface area (Å²) in [7, 11) is 0. The van der Waals surface area contributed by atoms with Crippen LogP contribution >= 0.6 is 0 Å². The minimum atomic E-state index is 0.559. The lowest BCUT2D eigenvalue weighted by Gasteiger charge is -2.09. The van der Waals surface area contributed by atoms with Gasteiger partial charge in [-0.05, 0) is 36.2 Å². The van der Waals surface area contributed by atoms with Crippen molar-refractivity contribution in [2.45, 2.75) is 26.3 Å². The number of nitrogen functional groups attached to an aromatic ring is 1. The highest BCUT2D eigenvalue weighted by Gasteiger charge is 2.10. The van der Waals surface area contributed by atoms with Crippen molar-refractivity contribution in [3.63, 3.8) is 0 Å². The molecule has 0 saturated carbocycles. The molecule has 102 valence electrons. The van der Waals surface area contributed by atoms with Gasteiger partial charge < -0.3 is 10.3 Å². The van der Waals surface area contributed by atoms with Gasteiger partial charge in [0.2, 0.25) is 0 Å². The van der Waals surface area contributed by atoms with Crippen LogP contribution in [-0.2, 0) is 13.0 Å². The molecule has 20 heavy (non-hydrogen) atoms. The van der Waals surface area contributed by atoms with Crippen LogP contribution in [-0.4, -0.2) is 14.5 Å². The van der Waals surface area contributed by atoms with Gasteiger partial charge in [-0.3, -0.25) is 0 Å². The summed E-state index contributed by atoms with van der Waals surface area (Å²) in [5, 5.41) is 0. The lowest BCUT2D eigenvalue weighted by Crippen LogP contribution is -2.05. The fourth-order valence-corrected chi connectivity index (χ4v) is 2.49. The summed E-state index contributed by atoms with van der Waals surface area (Å²) in [6.07, 6.45) is 3.82. The van der Waals surface area contributed by atoms with Crippen LogP contribution in [0.25, 0.3) is 11.0 Å². The Morgan fingerprint density at radius 3 is 2.85 bits per heavy atom. The summed E-state index contributed by atoms with van der Waals surface area (Å²) >= 11 is 0. The maximum atomic E-state index is 5.76. The first kappa shape index (κ1) is 12.7. The average Bonchev–Trinajstić information content (AvgIpc) is 2.78. The molecule has 0 atom stereocenters. The number of hydrogen-bond donors (Lipinski definition) is 1. The first-order valence-corrected chi connectivity index (χ1v) is 6.92. The first-order valence-electron chi connectivity index (χ1n) is 6.92. The zero-order valence-corrected chi connectivity index (χ0v) is 11.6. The number of nitrogens with zero attached hydrogens (tertiary/aromatic N) is 3. The van der Waals surface area contributed by atoms with E-state index in [1.165, 1.54) is 5.52 Å². The highest BCUT2D eigenvalue weighted by molar-refractivity contribution is 5.76. The Morgan fingerprint density at radius 2 is 2.05 bits per heavy atom. The zero-order valence-electron chi connectivity index (χ0n) is 11.6. The minimum absolute atomic E-state index is 0.559. The number of aromatic nitrogens is 3. The van der Waals surface area contributed by atoms with Gasteiger partial charge in [-0.1, -0.05) is 19.1 Å². The maximum Gasteiger partial charge on any atom is 0.123 e. The van der Waals surface area contributed by atoms with Gasteiger partial charge in [0.25, 0.3) is 0 Å². The van der Waals surface area contributed by atoms with E-state index in [-0.39, 0.29) is 0 Å². The van der Waals surface area contributed by atoms with Gasteiger partial charge in [-0.2, -0.15) is 0 Å². The van der Waals surface area contributed by atoms with Gasteiger partial charge in [-0.15, -0.1) is 0 Å². The van der Waals surface area contributed by atoms with Crippen LogP contribution in [0.15, 0.2) is 42.6 Å². The number of fused-ring (bicyclic) bond motifs is 1. The van der Waals surface area contributed by atoms with Crippen molar-refractivity contribution in [1.29, 1.82) is 0 Å². The Bertz CT molecular complexity index is 730. The molecule has 0 aliphatic rings. The highest BCUT2D eigenvalue weighted by atomic mass is 15.1. The molecule has 0 aliphatic heterocycles. The van der Waals surface area contributed by atoms with Gasteiger partial charge in [-0.25, -0.2) is 9.97 Å². The second kappa shape index (κ2) is 5.33. The molecular formula is C16H18N4. The van der Waals surface area contributed by atoms with Crippen LogP contribution < -0.4 is 5.73 Å². The minimum Gasteiger partial charge on any atom is -0.384 e. The van der Waals surface area contributed by atoms with Crippen LogP contribution in [0, 0.1) is 0 Å². The second-order valence-corrected chi connectivity index (χ2v) is 4.94. The molecule has 0 fully saturated rings. The highest BCUT2D eigenvalue weighted by Crippen LogP contribution is 2.19. The Kier molecular flexibility index (Phi) is 3.37. The van der Waals surface area contributed by atoms with Crippen molar-refractivity contribution in [1.82, 2.24) is 14.5 Å². The molecule has 0 aliphatic carbocycles. The van der Waals surface area contributed by atoms with Crippen LogP contribution in [0.1, 0.15) is 24.7 Å². The van der Waals surface area contributed by atoms with E-state index in [9.17, 15) is 0 Å². The molecule has 0 radical (unpaired) electrons. The Hall–Kier alpha value is -2.36. The predicted octanol–water partition coefficient (Wildman–Crippen LogP) is 3.01. The van der Waals surface area contributed by atoms with Crippen molar-refractivity contribution in [2.24, 2.45) is 0 Å². The number of pyridine rings is 1. The lowest BCUT2D eigenvalue weighted by molar-refractivity contribution is 0.721. The molecule has 2 heterocycles. The molecule has 0 bridgehead atoms. The molecule has 3 rings (SSSR count). The Balaban J connectivity index is 2.06. The topological polar surface area (TPSA) is 56.7 Å². The molecule has 1 aromatic carbocycles. The quantitative estimate of drug-likeness (QED) is 0.789. The van der Waals surface area contributed by atoms with E-state index in [0.29, 0.717) is 5.82 Å². The maximum absolute atomic E-state index is 5.76. The summed E-state index contributed by atoms with van der Waals surface area (Å²) in [5.74, 6) is 1.69. The molecule has 2 aromatic heterocycles. The van der Waals surface area contributed by atoms with Gasteiger partial charge in [0.1, 0.15) is 11.6 Å². The predicted molar refractivity (Wildman–Crippen MR) is 81.5 cm³/mol. The number of nitrogens with two attached hydrogens (primary N) is 1. The third-order valence-electron chi connectivity index (χ3n) is 3.39. The van der Waals surface area contributed by atoms with Gasteiger partial charge >= 0.3 is 0 Å². The van der Waals surface area contributed by atoms with E-state index in [2.05, 4.69) is 34.7 Å². The van der Waals surface area contributed by atoms with Crippen molar-refractivity contribution in [3.05, 3.63) is 54.0 Å². The fourth-order valence-electron chi connectivity index (χ4n) is 2.49. The second-order valence-electron chi connectivity index (χ2n) is 4.94. The molecule has 4 nitrogen and oxygen atoms in total. The molecule has 3 aromatic rings. The molecule has 0 unspecified atom stereocenters. The van der Waals surface area contributed by atoms with E-state index in [4.69, 9.17) is 10.7 Å². The molecular weight excluding hydrogens is 248 g/mol. The largest absolute Gasteiger partial charge is 0.384 e. The van der Waals surface area contributed by atoms with E-state index in [0.717, 1.165) is 36.3 Å². The number of rotatable bonds is 4. The van der Waals surface area contributed by atoms with Gasteiger partial charge in [0.15, 0.2) is 0 Å². The number of anilines is 1. The van der Waals surface area contributed by atoms with E-state index in [1.54, 1.807) is 6.20 Å². The molecule has 0 spiro atoms. The van der Waals surface area contributed by atoms with Crippen molar-refractivity contribution < 1.29 is 0 Å². The van der Waals surface area contributed by atoms with Crippen molar-refractivity contribution in [3.8, 4) is 0 Å². The number of para-hydroxylation sites is 2. The number of imidazole rings is 1. The summed E-state index contributed by atoms with van der Waals surface area (Å²) in [6, 6.07) is 12.2. The average molecular weight is 266 g/mol. The number of benzene rings is 1. The summed E-state index contributed by atoms with van der Waals surface area (Å²) in [4.78, 5) is 8.78. The Labute approximate surface area is 118 Å². The van der Waals surface area contributed by atoms with Crippen LogP contribution in [0.5, 0.6) is 0 Å². The summed E-state index contributed by atoms with van der Waals surface area (Å²) in [6.45, 7) is 2.96. The number of hydrogen-bond acceptors (Lipinski definition) is 3. The van der Waals surface area contributed by atoms with Crippen LogP contribution in [0.3, 0.4) is 0 Å². The zero-order chi connectivity index (χ0) is 13.9. The third kappa shape index (κ3) is 2.37. The summed E-state index contributed by atoms with van der Waals surface area (Å²) in [5.41, 5.74) is 9.14. The molecule has 4 heteroatoms. The normalized spacial score (nSPS) is 11.1. The van der Waals surface area contributed by atoms with Crippen LogP contribution in [0.2, 0.25) is 0 Å². The Morgan fingerprint density at radius 1 is 1.20 bits per heavy atom. The molecule has 2 N–H and O–H groups in total. The molecule has 0 amide bonds. The van der Waals surface area contributed by atoms with Crippen molar-refractivity contribution >= 4 is 16.9 Å².